The lowest BCUT2D eigenvalue weighted by Gasteiger charge is -2.22. The fourth-order valence-corrected chi connectivity index (χ4v) is 3.51. The number of nitrogens with zero attached hydrogens (tertiary/aromatic N) is 2. The summed E-state index contributed by atoms with van der Waals surface area (Å²) in [6.07, 6.45) is 1.11. The van der Waals surface area contributed by atoms with Gasteiger partial charge in [-0.25, -0.2) is 0 Å². The maximum Gasteiger partial charge on any atom is 0.251 e. The second-order valence-corrected chi connectivity index (χ2v) is 7.28. The average Bonchev–Trinajstić information content (AvgIpc) is 3.23. The van der Waals surface area contributed by atoms with E-state index < -0.39 is 0 Å². The monoisotopic (exact) mass is 522 g/mol. The topological polar surface area (TPSA) is 66.0 Å². The number of aliphatic imine (C=N–C) groups is 1. The quantitative estimate of drug-likeness (QED) is 0.333. The van der Waals surface area contributed by atoms with E-state index in [9.17, 15) is 4.79 Å². The fraction of sp³-hybridized carbons (Fsp3) is 0.391. The lowest BCUT2D eigenvalue weighted by atomic mass is 10.1. The van der Waals surface area contributed by atoms with Gasteiger partial charge in [0.1, 0.15) is 0 Å². The van der Waals surface area contributed by atoms with Crippen molar-refractivity contribution in [2.75, 3.05) is 33.8 Å². The maximum absolute atomic E-state index is 11.6. The first kappa shape index (κ1) is 24.1. The molecular formula is C23H31IN4O2. The van der Waals surface area contributed by atoms with E-state index >= 15 is 0 Å². The van der Waals surface area contributed by atoms with E-state index in [1.54, 1.807) is 7.05 Å². The van der Waals surface area contributed by atoms with Gasteiger partial charge in [0, 0.05) is 45.2 Å². The molecule has 7 heteroatoms. The second kappa shape index (κ2) is 12.5. The Morgan fingerprint density at radius 3 is 2.53 bits per heavy atom. The third kappa shape index (κ3) is 6.98. The van der Waals surface area contributed by atoms with Crippen LogP contribution in [-0.4, -0.2) is 50.6 Å². The van der Waals surface area contributed by atoms with Crippen molar-refractivity contribution in [3.05, 3.63) is 71.3 Å². The molecule has 1 unspecified atom stereocenters. The van der Waals surface area contributed by atoms with Gasteiger partial charge >= 0.3 is 0 Å². The van der Waals surface area contributed by atoms with Gasteiger partial charge in [-0.15, -0.1) is 24.0 Å². The van der Waals surface area contributed by atoms with Crippen molar-refractivity contribution >= 4 is 35.8 Å². The number of halogens is 1. The van der Waals surface area contributed by atoms with Crippen LogP contribution >= 0.6 is 24.0 Å². The zero-order chi connectivity index (χ0) is 20.5. The number of guanidine groups is 1. The number of carbonyl (C=O) groups excluding carboxylic acids is 1. The smallest absolute Gasteiger partial charge is 0.251 e. The van der Waals surface area contributed by atoms with Crippen LogP contribution in [-0.2, 0) is 17.9 Å². The molecule has 0 aromatic heterocycles. The summed E-state index contributed by atoms with van der Waals surface area (Å²) in [5.41, 5.74) is 2.99. The van der Waals surface area contributed by atoms with Crippen molar-refractivity contribution in [2.45, 2.75) is 19.6 Å². The minimum Gasteiger partial charge on any atom is -0.376 e. The average molecular weight is 522 g/mol. The summed E-state index contributed by atoms with van der Waals surface area (Å²) in [5.74, 6) is 1.35. The van der Waals surface area contributed by atoms with Gasteiger partial charge in [0.25, 0.3) is 5.91 Å². The highest BCUT2D eigenvalue weighted by Gasteiger charge is 2.24. The van der Waals surface area contributed by atoms with E-state index in [1.807, 2.05) is 49.5 Å². The Morgan fingerprint density at radius 2 is 1.87 bits per heavy atom. The molecule has 1 fully saturated rings. The summed E-state index contributed by atoms with van der Waals surface area (Å²) in [6, 6.07) is 17.9. The van der Waals surface area contributed by atoms with Crippen LogP contribution in [0.2, 0.25) is 0 Å². The van der Waals surface area contributed by atoms with Gasteiger partial charge in [0.05, 0.1) is 13.2 Å². The van der Waals surface area contributed by atoms with Crippen LogP contribution in [0, 0.1) is 5.92 Å². The molecular weight excluding hydrogens is 491 g/mol. The molecule has 0 aliphatic carbocycles. The third-order valence-electron chi connectivity index (χ3n) is 5.16. The Labute approximate surface area is 196 Å². The molecule has 1 saturated heterocycles. The minimum atomic E-state index is -0.0714. The molecule has 30 heavy (non-hydrogen) atoms. The first-order valence-corrected chi connectivity index (χ1v) is 10.1. The molecule has 6 nitrogen and oxygen atoms in total. The highest BCUT2D eigenvalue weighted by Crippen LogP contribution is 2.17. The molecule has 1 aliphatic rings. The fourth-order valence-electron chi connectivity index (χ4n) is 3.51. The Kier molecular flexibility index (Phi) is 10.1. The normalized spacial score (nSPS) is 16.1. The van der Waals surface area contributed by atoms with E-state index in [-0.39, 0.29) is 29.9 Å². The molecule has 2 aromatic rings. The molecule has 0 spiro atoms. The van der Waals surface area contributed by atoms with Crippen LogP contribution in [0.3, 0.4) is 0 Å². The molecule has 1 aliphatic heterocycles. The van der Waals surface area contributed by atoms with E-state index in [4.69, 9.17) is 4.74 Å². The van der Waals surface area contributed by atoms with Crippen LogP contribution < -0.4 is 10.6 Å². The maximum atomic E-state index is 11.6. The van der Waals surface area contributed by atoms with E-state index in [0.29, 0.717) is 24.6 Å². The number of benzene rings is 2. The molecule has 1 atom stereocenters. The molecule has 3 rings (SSSR count). The summed E-state index contributed by atoms with van der Waals surface area (Å²) in [7, 11) is 3.45. The molecule has 2 N–H and O–H groups in total. The van der Waals surface area contributed by atoms with E-state index in [2.05, 4.69) is 32.7 Å². The van der Waals surface area contributed by atoms with Gasteiger partial charge in [0.15, 0.2) is 5.96 Å². The summed E-state index contributed by atoms with van der Waals surface area (Å²) < 4.78 is 5.91. The number of nitrogens with one attached hydrogen (secondary N) is 2. The number of hydrogen-bond donors (Lipinski definition) is 2. The first-order chi connectivity index (χ1) is 14.2. The molecule has 0 bridgehead atoms. The highest BCUT2D eigenvalue weighted by molar-refractivity contribution is 14.0. The Balaban J connectivity index is 0.00000320. The summed E-state index contributed by atoms with van der Waals surface area (Å²) >= 11 is 0. The Bertz CT molecular complexity index is 812. The van der Waals surface area contributed by atoms with Gasteiger partial charge in [0.2, 0.25) is 0 Å². The number of ether oxygens (including phenoxy) is 1. The van der Waals surface area contributed by atoms with Crippen molar-refractivity contribution in [2.24, 2.45) is 10.9 Å². The van der Waals surface area contributed by atoms with Crippen molar-refractivity contribution in [1.29, 1.82) is 0 Å². The Hall–Kier alpha value is -2.13. The summed E-state index contributed by atoms with van der Waals surface area (Å²) in [4.78, 5) is 18.4. The number of likely N-dealkylation sites (tertiary alicyclic amines) is 1. The zero-order valence-corrected chi connectivity index (χ0v) is 20.0. The van der Waals surface area contributed by atoms with E-state index in [0.717, 1.165) is 37.6 Å². The van der Waals surface area contributed by atoms with Crippen molar-refractivity contribution in [3.63, 3.8) is 0 Å². The van der Waals surface area contributed by atoms with Crippen molar-refractivity contribution in [3.8, 4) is 0 Å². The lowest BCUT2D eigenvalue weighted by molar-refractivity contribution is 0.0906. The predicted octanol–water partition coefficient (Wildman–Crippen LogP) is 3.28. The van der Waals surface area contributed by atoms with Gasteiger partial charge in [-0.05, 0) is 29.7 Å². The Morgan fingerprint density at radius 1 is 1.13 bits per heavy atom. The van der Waals surface area contributed by atoms with Crippen LogP contribution in [0.5, 0.6) is 0 Å². The third-order valence-corrected chi connectivity index (χ3v) is 5.16. The molecule has 162 valence electrons. The van der Waals surface area contributed by atoms with Crippen LogP contribution in [0.15, 0.2) is 59.6 Å². The summed E-state index contributed by atoms with van der Waals surface area (Å²) in [6.45, 7) is 4.03. The molecule has 1 amide bonds. The molecule has 0 saturated carbocycles. The number of rotatable bonds is 7. The second-order valence-electron chi connectivity index (χ2n) is 7.28. The highest BCUT2D eigenvalue weighted by atomic mass is 127. The van der Waals surface area contributed by atoms with Gasteiger partial charge in [-0.2, -0.15) is 0 Å². The van der Waals surface area contributed by atoms with Crippen LogP contribution in [0.4, 0.5) is 0 Å². The zero-order valence-electron chi connectivity index (χ0n) is 17.6. The number of carbonyl (C=O) groups is 1. The molecule has 1 heterocycles. The minimum absolute atomic E-state index is 0. The predicted molar refractivity (Wildman–Crippen MR) is 131 cm³/mol. The largest absolute Gasteiger partial charge is 0.376 e. The van der Waals surface area contributed by atoms with Gasteiger partial charge in [-0.1, -0.05) is 42.5 Å². The van der Waals surface area contributed by atoms with Crippen LogP contribution in [0.25, 0.3) is 0 Å². The number of amides is 1. The molecule has 0 radical (unpaired) electrons. The van der Waals surface area contributed by atoms with E-state index in [1.165, 1.54) is 5.56 Å². The first-order valence-electron chi connectivity index (χ1n) is 10.1. The molecule has 2 aromatic carbocycles. The SMILES string of the molecule is CN=C(NCc1ccc(C(=O)NC)cc1)N1CCC(COCc2ccccc2)C1.I. The van der Waals surface area contributed by atoms with Crippen molar-refractivity contribution in [1.82, 2.24) is 15.5 Å². The summed E-state index contributed by atoms with van der Waals surface area (Å²) in [5, 5.41) is 6.06. The lowest BCUT2D eigenvalue weighted by Crippen LogP contribution is -2.39. The standard InChI is InChI=1S/C23H30N4O2.HI/c1-24-22(28)21-10-8-18(9-11-21)14-26-23(25-2)27-13-12-20(15-27)17-29-16-19-6-4-3-5-7-19;/h3-11,20H,12-17H2,1-2H3,(H,24,28)(H,25,26);1H. The van der Waals surface area contributed by atoms with Crippen LogP contribution in [0.1, 0.15) is 27.9 Å². The van der Waals surface area contributed by atoms with Gasteiger partial charge < -0.3 is 20.3 Å². The van der Waals surface area contributed by atoms with Gasteiger partial charge in [-0.3, -0.25) is 9.79 Å². The van der Waals surface area contributed by atoms with Crippen molar-refractivity contribution < 1.29 is 9.53 Å². The number of hydrogen-bond acceptors (Lipinski definition) is 3.